The minimum Gasteiger partial charge on any atom is -0.480 e. The van der Waals surface area contributed by atoms with Crippen LogP contribution in [0, 0.1) is 13.8 Å². The van der Waals surface area contributed by atoms with Crippen LogP contribution in [0.5, 0.6) is 11.5 Å². The number of halogens is 1. The maximum absolute atomic E-state index is 13.0. The van der Waals surface area contributed by atoms with Gasteiger partial charge in [0.2, 0.25) is 0 Å². The van der Waals surface area contributed by atoms with E-state index < -0.39 is 23.2 Å². The van der Waals surface area contributed by atoms with E-state index in [1.54, 1.807) is 54.6 Å². The first-order chi connectivity index (χ1) is 16.7. The molecule has 0 radical (unpaired) electrons. The molecule has 0 spiro atoms. The molecule has 1 heterocycles. The third kappa shape index (κ3) is 5.58. The van der Waals surface area contributed by atoms with E-state index in [0.29, 0.717) is 22.1 Å². The van der Waals surface area contributed by atoms with Gasteiger partial charge in [0.25, 0.3) is 11.1 Å². The standard InChI is InChI=1S/C27H22ClNO5S/c1-16-12-21(13-17(2)24(16)28)34-20-10-8-19(9-11-20)15-23-25(30)29(27(33)35-23)22(26(31)32)14-18-6-4-3-5-7-18/h3-13,15,22H,14H2,1-2H3,(H,31,32)/b23-15-/t22-/m1/s1. The Morgan fingerprint density at radius 3 is 2.26 bits per heavy atom. The molecule has 1 aliphatic rings. The molecule has 1 saturated heterocycles. The second-order valence-electron chi connectivity index (χ2n) is 8.14. The largest absolute Gasteiger partial charge is 0.480 e. The van der Waals surface area contributed by atoms with Crippen LogP contribution in [0.15, 0.2) is 71.6 Å². The summed E-state index contributed by atoms with van der Waals surface area (Å²) in [5, 5.41) is 9.82. The first kappa shape index (κ1) is 24.6. The lowest BCUT2D eigenvalue weighted by molar-refractivity contribution is -0.145. The molecule has 1 atom stereocenters. The van der Waals surface area contributed by atoms with Crippen LogP contribution in [0.1, 0.15) is 22.3 Å². The number of amides is 2. The van der Waals surface area contributed by atoms with Gasteiger partial charge in [-0.2, -0.15) is 0 Å². The Hall–Kier alpha value is -3.55. The molecule has 0 aromatic heterocycles. The zero-order valence-electron chi connectivity index (χ0n) is 19.0. The van der Waals surface area contributed by atoms with Crippen molar-refractivity contribution in [3.8, 4) is 11.5 Å². The average Bonchev–Trinajstić information content (AvgIpc) is 3.10. The highest BCUT2D eigenvalue weighted by Gasteiger charge is 2.42. The van der Waals surface area contributed by atoms with Crippen LogP contribution >= 0.6 is 23.4 Å². The van der Waals surface area contributed by atoms with Crippen LogP contribution in [-0.4, -0.2) is 33.2 Å². The summed E-state index contributed by atoms with van der Waals surface area (Å²) >= 11 is 6.95. The molecular formula is C27H22ClNO5S. The van der Waals surface area contributed by atoms with Gasteiger partial charge >= 0.3 is 5.97 Å². The molecule has 3 aromatic rings. The molecule has 6 nitrogen and oxygen atoms in total. The van der Waals surface area contributed by atoms with E-state index in [1.807, 2.05) is 32.0 Å². The molecule has 178 valence electrons. The highest BCUT2D eigenvalue weighted by Crippen LogP contribution is 2.35. The Kier molecular flexibility index (Phi) is 7.28. The molecular weight excluding hydrogens is 486 g/mol. The van der Waals surface area contributed by atoms with Crippen molar-refractivity contribution < 1.29 is 24.2 Å². The fourth-order valence-corrected chi connectivity index (χ4v) is 4.75. The molecule has 2 amide bonds. The van der Waals surface area contributed by atoms with Crippen LogP contribution in [-0.2, 0) is 16.0 Å². The van der Waals surface area contributed by atoms with E-state index >= 15 is 0 Å². The number of carbonyl (C=O) groups excluding carboxylic acids is 2. The molecule has 0 unspecified atom stereocenters. The van der Waals surface area contributed by atoms with Crippen LogP contribution < -0.4 is 4.74 Å². The summed E-state index contributed by atoms with van der Waals surface area (Å²) in [4.78, 5) is 38.5. The van der Waals surface area contributed by atoms with Gasteiger partial charge < -0.3 is 9.84 Å². The van der Waals surface area contributed by atoms with Gasteiger partial charge in [-0.1, -0.05) is 54.1 Å². The van der Waals surface area contributed by atoms with E-state index in [-0.39, 0.29) is 11.3 Å². The molecule has 0 aliphatic carbocycles. The van der Waals surface area contributed by atoms with Crippen molar-refractivity contribution in [3.05, 3.63) is 98.9 Å². The predicted molar refractivity (Wildman–Crippen MR) is 137 cm³/mol. The summed E-state index contributed by atoms with van der Waals surface area (Å²) in [7, 11) is 0. The molecule has 35 heavy (non-hydrogen) atoms. The molecule has 1 fully saturated rings. The zero-order valence-corrected chi connectivity index (χ0v) is 20.6. The Balaban J connectivity index is 1.50. The summed E-state index contributed by atoms with van der Waals surface area (Å²) in [5.74, 6) is -0.580. The molecule has 0 bridgehead atoms. The zero-order chi connectivity index (χ0) is 25.1. The Morgan fingerprint density at radius 2 is 1.66 bits per heavy atom. The number of ether oxygens (including phenoxy) is 1. The Morgan fingerprint density at radius 1 is 1.03 bits per heavy atom. The lowest BCUT2D eigenvalue weighted by Crippen LogP contribution is -2.45. The van der Waals surface area contributed by atoms with Gasteiger partial charge in [-0.3, -0.25) is 14.5 Å². The van der Waals surface area contributed by atoms with Crippen molar-refractivity contribution in [1.29, 1.82) is 0 Å². The average molecular weight is 508 g/mol. The molecule has 0 saturated carbocycles. The van der Waals surface area contributed by atoms with Gasteiger partial charge in [0, 0.05) is 11.4 Å². The number of carbonyl (C=O) groups is 3. The number of aryl methyl sites for hydroxylation is 2. The summed E-state index contributed by atoms with van der Waals surface area (Å²) < 4.78 is 5.91. The topological polar surface area (TPSA) is 83.9 Å². The van der Waals surface area contributed by atoms with Gasteiger partial charge in [0.05, 0.1) is 4.91 Å². The van der Waals surface area contributed by atoms with E-state index in [1.165, 1.54) is 0 Å². The second kappa shape index (κ2) is 10.4. The first-order valence-corrected chi connectivity index (χ1v) is 12.0. The van der Waals surface area contributed by atoms with E-state index in [0.717, 1.165) is 33.4 Å². The van der Waals surface area contributed by atoms with Gasteiger partial charge in [-0.05, 0) is 78.2 Å². The van der Waals surface area contributed by atoms with Gasteiger partial charge in [-0.15, -0.1) is 0 Å². The fourth-order valence-electron chi connectivity index (χ4n) is 3.76. The summed E-state index contributed by atoms with van der Waals surface area (Å²) in [6.07, 6.45) is 1.61. The molecule has 3 aromatic carbocycles. The van der Waals surface area contributed by atoms with Crippen molar-refractivity contribution >= 4 is 46.6 Å². The Bertz CT molecular complexity index is 1300. The van der Waals surface area contributed by atoms with Gasteiger partial charge in [-0.25, -0.2) is 4.79 Å². The van der Waals surface area contributed by atoms with Crippen molar-refractivity contribution in [3.63, 3.8) is 0 Å². The first-order valence-electron chi connectivity index (χ1n) is 10.8. The monoisotopic (exact) mass is 507 g/mol. The number of rotatable bonds is 7. The van der Waals surface area contributed by atoms with Gasteiger partial charge in [0.15, 0.2) is 0 Å². The molecule has 8 heteroatoms. The number of hydrogen-bond acceptors (Lipinski definition) is 5. The number of hydrogen-bond donors (Lipinski definition) is 1. The third-order valence-corrected chi connectivity index (χ3v) is 7.00. The van der Waals surface area contributed by atoms with Crippen LogP contribution in [0.4, 0.5) is 4.79 Å². The number of benzene rings is 3. The normalized spacial score (nSPS) is 15.5. The van der Waals surface area contributed by atoms with Crippen LogP contribution in [0.2, 0.25) is 5.02 Å². The second-order valence-corrected chi connectivity index (χ2v) is 9.51. The van der Waals surface area contributed by atoms with E-state index in [2.05, 4.69) is 0 Å². The Labute approximate surface area is 212 Å². The summed E-state index contributed by atoms with van der Waals surface area (Å²) in [6.45, 7) is 3.82. The highest BCUT2D eigenvalue weighted by molar-refractivity contribution is 8.18. The van der Waals surface area contributed by atoms with Crippen molar-refractivity contribution in [2.75, 3.05) is 0 Å². The van der Waals surface area contributed by atoms with Crippen molar-refractivity contribution in [1.82, 2.24) is 4.90 Å². The number of aliphatic carboxylic acids is 1. The lowest BCUT2D eigenvalue weighted by Gasteiger charge is -2.21. The number of nitrogens with zero attached hydrogens (tertiary/aromatic N) is 1. The molecule has 1 aliphatic heterocycles. The molecule has 4 rings (SSSR count). The van der Waals surface area contributed by atoms with Crippen LogP contribution in [0.25, 0.3) is 6.08 Å². The van der Waals surface area contributed by atoms with Gasteiger partial charge in [0.1, 0.15) is 17.5 Å². The third-order valence-electron chi connectivity index (χ3n) is 5.52. The maximum Gasteiger partial charge on any atom is 0.327 e. The SMILES string of the molecule is Cc1cc(Oc2ccc(/C=C3\SC(=O)N([C@H](Cc4ccccc4)C(=O)O)C3=O)cc2)cc(C)c1Cl. The van der Waals surface area contributed by atoms with Crippen molar-refractivity contribution in [2.45, 2.75) is 26.3 Å². The quantitative estimate of drug-likeness (QED) is 0.368. The number of carboxylic acids is 1. The highest BCUT2D eigenvalue weighted by atomic mass is 35.5. The van der Waals surface area contributed by atoms with Crippen LogP contribution in [0.3, 0.4) is 0 Å². The summed E-state index contributed by atoms with van der Waals surface area (Å²) in [6, 6.07) is 18.4. The number of imide groups is 1. The maximum atomic E-state index is 13.0. The van der Waals surface area contributed by atoms with E-state index in [4.69, 9.17) is 16.3 Å². The predicted octanol–water partition coefficient (Wildman–Crippen LogP) is 6.48. The summed E-state index contributed by atoms with van der Waals surface area (Å²) in [5.41, 5.74) is 3.24. The smallest absolute Gasteiger partial charge is 0.327 e. The molecule has 1 N–H and O–H groups in total. The van der Waals surface area contributed by atoms with Crippen molar-refractivity contribution in [2.24, 2.45) is 0 Å². The van der Waals surface area contributed by atoms with E-state index in [9.17, 15) is 19.5 Å². The minimum absolute atomic E-state index is 0.0389. The fraction of sp³-hybridized carbons (Fsp3) is 0.148. The minimum atomic E-state index is -1.28. The number of carboxylic acid groups (broad SMARTS) is 1. The lowest BCUT2D eigenvalue weighted by atomic mass is 10.0. The number of thioether (sulfide) groups is 1.